The molecule has 0 aliphatic heterocycles. The van der Waals surface area contributed by atoms with Crippen LogP contribution in [-0.2, 0) is 6.54 Å². The van der Waals surface area contributed by atoms with Gasteiger partial charge in [-0.2, -0.15) is 0 Å². The molecule has 0 bridgehead atoms. The summed E-state index contributed by atoms with van der Waals surface area (Å²) in [6, 6.07) is 6.08. The van der Waals surface area contributed by atoms with Crippen LogP contribution >= 0.6 is 11.6 Å². The minimum atomic E-state index is -0.683. The number of carbonyl (C=O) groups is 1. The molecule has 3 nitrogen and oxygen atoms in total. The Hall–Kier alpha value is -2.01. The molecular formula is C13H9ClF2N2O. The summed E-state index contributed by atoms with van der Waals surface area (Å²) in [6.45, 7) is 0.0239. The van der Waals surface area contributed by atoms with Crippen molar-refractivity contribution in [3.63, 3.8) is 0 Å². The van der Waals surface area contributed by atoms with Gasteiger partial charge >= 0.3 is 0 Å². The molecule has 2 aromatic rings. The maximum Gasteiger partial charge on any atom is 0.253 e. The van der Waals surface area contributed by atoms with Crippen LogP contribution in [0.3, 0.4) is 0 Å². The van der Waals surface area contributed by atoms with Crippen LogP contribution in [0.15, 0.2) is 36.5 Å². The predicted octanol–water partition coefficient (Wildman–Crippen LogP) is 2.94. The van der Waals surface area contributed by atoms with Gasteiger partial charge in [-0.25, -0.2) is 13.8 Å². The molecule has 19 heavy (non-hydrogen) atoms. The Balaban J connectivity index is 2.02. The summed E-state index contributed by atoms with van der Waals surface area (Å²) in [5.74, 6) is -1.76. The summed E-state index contributed by atoms with van der Waals surface area (Å²) in [4.78, 5) is 15.5. The molecule has 1 amide bonds. The molecular weight excluding hydrogens is 274 g/mol. The maximum atomic E-state index is 12.9. The third-order valence-corrected chi connectivity index (χ3v) is 2.59. The number of amides is 1. The molecule has 0 aliphatic rings. The van der Waals surface area contributed by atoms with Crippen molar-refractivity contribution in [1.82, 2.24) is 10.3 Å². The summed E-state index contributed by atoms with van der Waals surface area (Å²) in [5, 5.41) is 2.82. The Kier molecular flexibility index (Phi) is 4.06. The van der Waals surface area contributed by atoms with Crippen molar-refractivity contribution in [3.05, 3.63) is 64.4 Å². The molecule has 6 heteroatoms. The van der Waals surface area contributed by atoms with Crippen LogP contribution in [-0.4, -0.2) is 10.9 Å². The van der Waals surface area contributed by atoms with Gasteiger partial charge in [-0.1, -0.05) is 11.6 Å². The SMILES string of the molecule is O=C(NCc1cc(F)cc(F)c1)c1ccc(Cl)nc1. The smallest absolute Gasteiger partial charge is 0.253 e. The van der Waals surface area contributed by atoms with Crippen LogP contribution in [0.2, 0.25) is 5.15 Å². The van der Waals surface area contributed by atoms with E-state index in [1.54, 1.807) is 0 Å². The number of benzene rings is 1. The Morgan fingerprint density at radius 2 is 1.89 bits per heavy atom. The van der Waals surface area contributed by atoms with Gasteiger partial charge in [0.05, 0.1) is 5.56 Å². The van der Waals surface area contributed by atoms with Crippen molar-refractivity contribution in [2.24, 2.45) is 0 Å². The number of rotatable bonds is 3. The molecule has 1 aromatic carbocycles. The second kappa shape index (κ2) is 5.75. The standard InChI is InChI=1S/C13H9ClF2N2O/c14-12-2-1-9(7-17-12)13(19)18-6-8-3-10(15)5-11(16)4-8/h1-5,7H,6H2,(H,18,19). The zero-order valence-electron chi connectivity index (χ0n) is 9.66. The fourth-order valence-corrected chi connectivity index (χ4v) is 1.62. The molecule has 0 radical (unpaired) electrons. The van der Waals surface area contributed by atoms with Crippen LogP contribution in [0, 0.1) is 11.6 Å². The van der Waals surface area contributed by atoms with Gasteiger partial charge in [-0.3, -0.25) is 4.79 Å². The zero-order chi connectivity index (χ0) is 13.8. The molecule has 1 N–H and O–H groups in total. The Labute approximate surface area is 113 Å². The number of nitrogens with one attached hydrogen (secondary N) is 1. The third kappa shape index (κ3) is 3.72. The average Bonchev–Trinajstić information content (AvgIpc) is 2.36. The second-order valence-corrected chi connectivity index (χ2v) is 4.22. The van der Waals surface area contributed by atoms with Crippen molar-refractivity contribution in [2.75, 3.05) is 0 Å². The second-order valence-electron chi connectivity index (χ2n) is 3.83. The van der Waals surface area contributed by atoms with Crippen LogP contribution in [0.1, 0.15) is 15.9 Å². The lowest BCUT2D eigenvalue weighted by molar-refractivity contribution is 0.0950. The fourth-order valence-electron chi connectivity index (χ4n) is 1.51. The molecule has 1 heterocycles. The van der Waals surface area contributed by atoms with E-state index in [9.17, 15) is 13.6 Å². The van der Waals surface area contributed by atoms with Gasteiger partial charge in [0.2, 0.25) is 0 Å². The Morgan fingerprint density at radius 1 is 1.21 bits per heavy atom. The number of hydrogen-bond acceptors (Lipinski definition) is 2. The van der Waals surface area contributed by atoms with Crippen LogP contribution in [0.4, 0.5) is 8.78 Å². The topological polar surface area (TPSA) is 42.0 Å². The summed E-state index contributed by atoms with van der Waals surface area (Å²) < 4.78 is 25.9. The molecule has 0 unspecified atom stereocenters. The van der Waals surface area contributed by atoms with E-state index in [0.29, 0.717) is 11.1 Å². The summed E-state index contributed by atoms with van der Waals surface area (Å²) in [7, 11) is 0. The lowest BCUT2D eigenvalue weighted by atomic mass is 10.2. The van der Waals surface area contributed by atoms with Crippen molar-refractivity contribution < 1.29 is 13.6 Å². The first-order valence-corrected chi connectivity index (χ1v) is 5.77. The van der Waals surface area contributed by atoms with E-state index < -0.39 is 17.5 Å². The fraction of sp³-hybridized carbons (Fsp3) is 0.0769. The predicted molar refractivity (Wildman–Crippen MR) is 66.8 cm³/mol. The van der Waals surface area contributed by atoms with E-state index in [4.69, 9.17) is 11.6 Å². The first kappa shape index (κ1) is 13.4. The van der Waals surface area contributed by atoms with Gasteiger partial charge in [0.25, 0.3) is 5.91 Å². The lowest BCUT2D eigenvalue weighted by Gasteiger charge is -2.05. The van der Waals surface area contributed by atoms with Crippen molar-refractivity contribution in [1.29, 1.82) is 0 Å². The Morgan fingerprint density at radius 3 is 2.47 bits per heavy atom. The Bertz CT molecular complexity index is 582. The van der Waals surface area contributed by atoms with Gasteiger partial charge in [-0.15, -0.1) is 0 Å². The molecule has 0 fully saturated rings. The number of nitrogens with zero attached hydrogens (tertiary/aromatic N) is 1. The lowest BCUT2D eigenvalue weighted by Crippen LogP contribution is -2.23. The van der Waals surface area contributed by atoms with E-state index in [1.165, 1.54) is 18.3 Å². The monoisotopic (exact) mass is 282 g/mol. The van der Waals surface area contributed by atoms with E-state index in [1.807, 2.05) is 0 Å². The van der Waals surface area contributed by atoms with Gasteiger partial charge < -0.3 is 5.32 Å². The highest BCUT2D eigenvalue weighted by atomic mass is 35.5. The highest BCUT2D eigenvalue weighted by Crippen LogP contribution is 2.09. The first-order valence-electron chi connectivity index (χ1n) is 5.39. The van der Waals surface area contributed by atoms with E-state index in [0.717, 1.165) is 18.2 Å². The quantitative estimate of drug-likeness (QED) is 0.880. The zero-order valence-corrected chi connectivity index (χ0v) is 10.4. The van der Waals surface area contributed by atoms with Gasteiger partial charge in [0.1, 0.15) is 16.8 Å². The summed E-state index contributed by atoms with van der Waals surface area (Å²) >= 11 is 5.60. The van der Waals surface area contributed by atoms with Crippen molar-refractivity contribution in [3.8, 4) is 0 Å². The molecule has 0 saturated heterocycles. The highest BCUT2D eigenvalue weighted by molar-refractivity contribution is 6.29. The minimum absolute atomic E-state index is 0.0239. The minimum Gasteiger partial charge on any atom is -0.348 e. The van der Waals surface area contributed by atoms with Gasteiger partial charge in [0, 0.05) is 18.8 Å². The summed E-state index contributed by atoms with van der Waals surface area (Å²) in [6.07, 6.45) is 1.32. The maximum absolute atomic E-state index is 12.9. The third-order valence-electron chi connectivity index (χ3n) is 2.36. The first-order chi connectivity index (χ1) is 9.04. The number of aromatic nitrogens is 1. The molecule has 0 atom stereocenters. The molecule has 1 aromatic heterocycles. The number of pyridine rings is 1. The molecule has 0 spiro atoms. The average molecular weight is 283 g/mol. The van der Waals surface area contributed by atoms with E-state index >= 15 is 0 Å². The summed E-state index contributed by atoms with van der Waals surface area (Å²) in [5.41, 5.74) is 0.661. The number of halogens is 3. The van der Waals surface area contributed by atoms with Gasteiger partial charge in [0.15, 0.2) is 0 Å². The van der Waals surface area contributed by atoms with Crippen molar-refractivity contribution in [2.45, 2.75) is 6.54 Å². The normalized spacial score (nSPS) is 10.3. The van der Waals surface area contributed by atoms with Crippen LogP contribution in [0.25, 0.3) is 0 Å². The van der Waals surface area contributed by atoms with Crippen molar-refractivity contribution >= 4 is 17.5 Å². The van der Waals surface area contributed by atoms with Crippen LogP contribution in [0.5, 0.6) is 0 Å². The van der Waals surface area contributed by atoms with E-state index in [-0.39, 0.29) is 11.7 Å². The molecule has 0 aliphatic carbocycles. The van der Waals surface area contributed by atoms with E-state index in [2.05, 4.69) is 10.3 Å². The van der Waals surface area contributed by atoms with Crippen LogP contribution < -0.4 is 5.32 Å². The van der Waals surface area contributed by atoms with Gasteiger partial charge in [-0.05, 0) is 29.8 Å². The number of carbonyl (C=O) groups excluding carboxylic acids is 1. The molecule has 98 valence electrons. The largest absolute Gasteiger partial charge is 0.348 e. The number of hydrogen-bond donors (Lipinski definition) is 1. The molecule has 2 rings (SSSR count). The molecule has 0 saturated carbocycles. The highest BCUT2D eigenvalue weighted by Gasteiger charge is 2.07.